The third kappa shape index (κ3) is 2.99. The van der Waals surface area contributed by atoms with Gasteiger partial charge in [0.15, 0.2) is 0 Å². The Morgan fingerprint density at radius 3 is 2.82 bits per heavy atom. The Bertz CT molecular complexity index is 267. The number of likely N-dealkylation sites (N-methyl/N-ethyl adjacent to an activating group) is 1. The van der Waals surface area contributed by atoms with Gasteiger partial charge in [-0.15, -0.1) is 0 Å². The molecule has 1 aliphatic heterocycles. The Hall–Kier alpha value is -0.610. The molecule has 17 heavy (non-hydrogen) atoms. The van der Waals surface area contributed by atoms with Crippen LogP contribution in [0, 0.1) is 5.92 Å². The van der Waals surface area contributed by atoms with Crippen LogP contribution in [0.25, 0.3) is 0 Å². The average molecular weight is 240 g/mol. The van der Waals surface area contributed by atoms with E-state index in [0.29, 0.717) is 18.5 Å². The van der Waals surface area contributed by atoms with Crippen LogP contribution >= 0.6 is 0 Å². The number of fused-ring (bicyclic) bond motifs is 1. The highest BCUT2D eigenvalue weighted by Gasteiger charge is 2.39. The molecule has 1 saturated carbocycles. The molecule has 0 spiro atoms. The van der Waals surface area contributed by atoms with E-state index in [1.165, 1.54) is 25.7 Å². The van der Waals surface area contributed by atoms with Crippen LogP contribution in [0.2, 0.25) is 0 Å². The molecule has 1 amide bonds. The predicted octanol–water partition coefficient (Wildman–Crippen LogP) is 0.746. The van der Waals surface area contributed by atoms with Gasteiger partial charge in [-0.05, 0) is 32.1 Å². The maximum absolute atomic E-state index is 12.2. The summed E-state index contributed by atoms with van der Waals surface area (Å²) in [6.07, 6.45) is 5.61. The molecule has 98 valence electrons. The van der Waals surface area contributed by atoms with E-state index in [4.69, 9.17) is 0 Å². The second-order valence-electron chi connectivity index (χ2n) is 5.67. The molecule has 2 aliphatic rings. The molecule has 1 aliphatic carbocycles. The highest BCUT2D eigenvalue weighted by molar-refractivity contribution is 5.82. The van der Waals surface area contributed by atoms with Gasteiger partial charge in [-0.2, -0.15) is 0 Å². The number of amides is 1. The topological polar surface area (TPSA) is 52.6 Å². The van der Waals surface area contributed by atoms with Crippen molar-refractivity contribution in [1.29, 1.82) is 0 Å². The molecule has 4 atom stereocenters. The largest absolute Gasteiger partial charge is 0.392 e. The minimum absolute atomic E-state index is 0.0214. The molecular weight excluding hydrogens is 216 g/mol. The fourth-order valence-electron chi connectivity index (χ4n) is 3.26. The summed E-state index contributed by atoms with van der Waals surface area (Å²) in [5.74, 6) is 0.831. The number of aliphatic hydroxyl groups is 1. The number of nitrogens with zero attached hydrogens (tertiary/aromatic N) is 1. The maximum Gasteiger partial charge on any atom is 0.239 e. The zero-order valence-corrected chi connectivity index (χ0v) is 10.9. The predicted molar refractivity (Wildman–Crippen MR) is 66.6 cm³/mol. The quantitative estimate of drug-likeness (QED) is 0.765. The number of aliphatic hydroxyl groups excluding tert-OH is 1. The number of hydrogen-bond acceptors (Lipinski definition) is 3. The van der Waals surface area contributed by atoms with Crippen molar-refractivity contribution in [1.82, 2.24) is 10.2 Å². The van der Waals surface area contributed by atoms with Crippen molar-refractivity contribution in [2.75, 3.05) is 13.6 Å². The van der Waals surface area contributed by atoms with Crippen molar-refractivity contribution in [2.24, 2.45) is 5.92 Å². The smallest absolute Gasteiger partial charge is 0.239 e. The van der Waals surface area contributed by atoms with Gasteiger partial charge in [-0.3, -0.25) is 4.79 Å². The van der Waals surface area contributed by atoms with E-state index < -0.39 is 6.10 Å². The van der Waals surface area contributed by atoms with Gasteiger partial charge in [-0.1, -0.05) is 12.8 Å². The molecule has 0 bridgehead atoms. The molecule has 2 N–H and O–H groups in total. The zero-order chi connectivity index (χ0) is 12.4. The molecule has 4 heteroatoms. The number of nitrogens with one attached hydrogen (secondary N) is 1. The van der Waals surface area contributed by atoms with E-state index in [1.807, 2.05) is 0 Å². The van der Waals surface area contributed by atoms with Gasteiger partial charge >= 0.3 is 0 Å². The van der Waals surface area contributed by atoms with Crippen molar-refractivity contribution in [3.63, 3.8) is 0 Å². The number of rotatable bonds is 3. The van der Waals surface area contributed by atoms with Crippen LogP contribution in [-0.4, -0.2) is 47.7 Å². The molecule has 4 nitrogen and oxygen atoms in total. The summed E-state index contributed by atoms with van der Waals surface area (Å²) < 4.78 is 0. The maximum atomic E-state index is 12.2. The molecule has 0 aromatic heterocycles. The van der Waals surface area contributed by atoms with E-state index >= 15 is 0 Å². The molecule has 2 fully saturated rings. The van der Waals surface area contributed by atoms with Crippen LogP contribution in [0.4, 0.5) is 0 Å². The molecule has 4 unspecified atom stereocenters. The van der Waals surface area contributed by atoms with Gasteiger partial charge in [0.25, 0.3) is 0 Å². The lowest BCUT2D eigenvalue weighted by molar-refractivity contribution is -0.133. The Labute approximate surface area is 103 Å². The van der Waals surface area contributed by atoms with E-state index in [9.17, 15) is 9.90 Å². The summed E-state index contributed by atoms with van der Waals surface area (Å²) in [5, 5.41) is 12.8. The number of carbonyl (C=O) groups excluding carboxylic acids is 1. The fraction of sp³-hybridized carbons (Fsp3) is 0.923. The average Bonchev–Trinajstić information content (AvgIpc) is 2.70. The first-order valence-corrected chi connectivity index (χ1v) is 6.77. The van der Waals surface area contributed by atoms with Gasteiger partial charge in [-0.25, -0.2) is 0 Å². The van der Waals surface area contributed by atoms with Gasteiger partial charge in [0.05, 0.1) is 12.1 Å². The minimum Gasteiger partial charge on any atom is -0.392 e. The van der Waals surface area contributed by atoms with Crippen LogP contribution < -0.4 is 5.32 Å². The first-order chi connectivity index (χ1) is 8.08. The van der Waals surface area contributed by atoms with Crippen LogP contribution in [0.5, 0.6) is 0 Å². The molecule has 1 heterocycles. The SMILES string of the molecule is CC(O)CN(C)C(=O)C1CC2CCCCC2N1. The molecule has 0 aromatic carbocycles. The van der Waals surface area contributed by atoms with Crippen molar-refractivity contribution in [3.05, 3.63) is 0 Å². The third-order valence-corrected chi connectivity index (χ3v) is 4.08. The summed E-state index contributed by atoms with van der Waals surface area (Å²) in [6, 6.07) is 0.532. The van der Waals surface area contributed by atoms with E-state index in [0.717, 1.165) is 6.42 Å². The van der Waals surface area contributed by atoms with Gasteiger partial charge in [0.1, 0.15) is 0 Å². The third-order valence-electron chi connectivity index (χ3n) is 4.08. The van der Waals surface area contributed by atoms with Gasteiger partial charge < -0.3 is 15.3 Å². The van der Waals surface area contributed by atoms with Crippen LogP contribution in [0.1, 0.15) is 39.0 Å². The lowest BCUT2D eigenvalue weighted by atomic mass is 9.85. The van der Waals surface area contributed by atoms with Crippen molar-refractivity contribution >= 4 is 5.91 Å². The van der Waals surface area contributed by atoms with Crippen molar-refractivity contribution < 1.29 is 9.90 Å². The summed E-state index contributed by atoms with van der Waals surface area (Å²) in [6.45, 7) is 2.14. The van der Waals surface area contributed by atoms with Crippen LogP contribution in [0.3, 0.4) is 0 Å². The Morgan fingerprint density at radius 1 is 1.47 bits per heavy atom. The Balaban J connectivity index is 1.88. The van der Waals surface area contributed by atoms with Crippen molar-refractivity contribution in [3.8, 4) is 0 Å². The lowest BCUT2D eigenvalue weighted by Gasteiger charge is -2.24. The highest BCUT2D eigenvalue weighted by Crippen LogP contribution is 2.33. The number of hydrogen-bond donors (Lipinski definition) is 2. The van der Waals surface area contributed by atoms with E-state index in [2.05, 4.69) is 5.32 Å². The van der Waals surface area contributed by atoms with E-state index in [1.54, 1.807) is 18.9 Å². The standard InChI is InChI=1S/C13H24N2O2/c1-9(16)8-15(2)13(17)12-7-10-5-3-4-6-11(10)14-12/h9-12,14,16H,3-8H2,1-2H3. The van der Waals surface area contributed by atoms with Gasteiger partial charge in [0.2, 0.25) is 5.91 Å². The molecular formula is C13H24N2O2. The van der Waals surface area contributed by atoms with Crippen LogP contribution in [-0.2, 0) is 4.79 Å². The summed E-state index contributed by atoms with van der Waals surface area (Å²) >= 11 is 0. The van der Waals surface area contributed by atoms with Crippen LogP contribution in [0.15, 0.2) is 0 Å². The minimum atomic E-state index is -0.451. The fourth-order valence-corrected chi connectivity index (χ4v) is 3.26. The van der Waals surface area contributed by atoms with Gasteiger partial charge in [0, 0.05) is 19.6 Å². The zero-order valence-electron chi connectivity index (χ0n) is 10.9. The molecule has 1 saturated heterocycles. The highest BCUT2D eigenvalue weighted by atomic mass is 16.3. The lowest BCUT2D eigenvalue weighted by Crippen LogP contribution is -2.45. The molecule has 2 rings (SSSR count). The second-order valence-corrected chi connectivity index (χ2v) is 5.67. The Morgan fingerprint density at radius 2 is 2.18 bits per heavy atom. The summed E-state index contributed by atoms with van der Waals surface area (Å²) in [5.41, 5.74) is 0. The van der Waals surface area contributed by atoms with E-state index in [-0.39, 0.29) is 11.9 Å². The molecule has 0 radical (unpaired) electrons. The first-order valence-electron chi connectivity index (χ1n) is 6.77. The molecule has 0 aromatic rings. The first kappa shape index (κ1) is 12.8. The normalized spacial score (nSPS) is 34.2. The van der Waals surface area contributed by atoms with Crippen molar-refractivity contribution in [2.45, 2.75) is 57.2 Å². The summed E-state index contributed by atoms with van der Waals surface area (Å²) in [7, 11) is 1.78. The monoisotopic (exact) mass is 240 g/mol. The summed E-state index contributed by atoms with van der Waals surface area (Å²) in [4.78, 5) is 13.8. The Kier molecular flexibility index (Phi) is 4.05. The second kappa shape index (κ2) is 5.36. The number of carbonyl (C=O) groups is 1.